The van der Waals surface area contributed by atoms with Crippen molar-refractivity contribution in [2.24, 2.45) is 0 Å². The van der Waals surface area contributed by atoms with Gasteiger partial charge in [0.05, 0.1) is 14.2 Å². The molecule has 1 N–H and O–H groups in total. The number of carbonyl (C=O) groups is 1. The van der Waals surface area contributed by atoms with Crippen molar-refractivity contribution >= 4 is 12.0 Å². The third-order valence-electron chi connectivity index (χ3n) is 2.32. The second kappa shape index (κ2) is 6.49. The molecule has 0 bridgehead atoms. The zero-order valence-corrected chi connectivity index (χ0v) is 10.6. The smallest absolute Gasteiger partial charge is 0.328 e. The summed E-state index contributed by atoms with van der Waals surface area (Å²) < 4.78 is 10.3. The molecule has 1 aromatic carbocycles. The van der Waals surface area contributed by atoms with Crippen LogP contribution in [-0.2, 0) is 4.79 Å². The normalized spacial score (nSPS) is 11.6. The van der Waals surface area contributed by atoms with E-state index in [0.29, 0.717) is 17.1 Å². The van der Waals surface area contributed by atoms with E-state index in [4.69, 9.17) is 14.6 Å². The van der Waals surface area contributed by atoms with Crippen LogP contribution in [0.4, 0.5) is 0 Å². The highest BCUT2D eigenvalue weighted by Gasteiger charge is 2.01. The molecule has 4 nitrogen and oxygen atoms in total. The Bertz CT molecular complexity index is 487. The molecule has 0 unspecified atom stereocenters. The van der Waals surface area contributed by atoms with Gasteiger partial charge in [-0.2, -0.15) is 0 Å². The molecule has 1 rings (SSSR count). The highest BCUT2D eigenvalue weighted by molar-refractivity contribution is 5.81. The minimum absolute atomic E-state index is 0.653. The van der Waals surface area contributed by atoms with E-state index >= 15 is 0 Å². The molecule has 0 aliphatic carbocycles. The summed E-state index contributed by atoms with van der Waals surface area (Å²) in [6, 6.07) is 5.44. The quantitative estimate of drug-likeness (QED) is 0.643. The first-order valence-electron chi connectivity index (χ1n) is 5.38. The van der Waals surface area contributed by atoms with Crippen LogP contribution in [0, 0.1) is 0 Å². The summed E-state index contributed by atoms with van der Waals surface area (Å²) in [4.78, 5) is 10.5. The minimum Gasteiger partial charge on any atom is -0.497 e. The van der Waals surface area contributed by atoms with Crippen LogP contribution >= 0.6 is 0 Å². The van der Waals surface area contributed by atoms with Crippen molar-refractivity contribution in [1.29, 1.82) is 0 Å². The van der Waals surface area contributed by atoms with E-state index in [1.807, 2.05) is 12.1 Å². The number of hydrogen-bond donors (Lipinski definition) is 1. The Balaban J connectivity index is 2.97. The summed E-state index contributed by atoms with van der Waals surface area (Å²) >= 11 is 0. The maximum atomic E-state index is 10.5. The van der Waals surface area contributed by atoms with Crippen LogP contribution < -0.4 is 9.47 Å². The fourth-order valence-electron chi connectivity index (χ4n) is 1.42. The zero-order chi connectivity index (χ0) is 13.5. The monoisotopic (exact) mass is 248 g/mol. The van der Waals surface area contributed by atoms with Crippen LogP contribution in [0.1, 0.15) is 12.5 Å². The second-order valence-electron chi connectivity index (χ2n) is 3.67. The van der Waals surface area contributed by atoms with E-state index in [0.717, 1.165) is 11.6 Å². The average Bonchev–Trinajstić information content (AvgIpc) is 2.35. The van der Waals surface area contributed by atoms with Crippen molar-refractivity contribution in [2.45, 2.75) is 6.92 Å². The molecule has 0 fully saturated rings. The number of carboxylic acid groups (broad SMARTS) is 1. The van der Waals surface area contributed by atoms with E-state index < -0.39 is 5.97 Å². The first-order chi connectivity index (χ1) is 8.56. The van der Waals surface area contributed by atoms with Gasteiger partial charge < -0.3 is 14.6 Å². The lowest BCUT2D eigenvalue weighted by atomic mass is 10.1. The predicted octanol–water partition coefficient (Wildman–Crippen LogP) is 2.75. The largest absolute Gasteiger partial charge is 0.497 e. The van der Waals surface area contributed by atoms with Crippen molar-refractivity contribution in [3.63, 3.8) is 0 Å². The molecule has 0 radical (unpaired) electrons. The van der Waals surface area contributed by atoms with Crippen molar-refractivity contribution in [3.8, 4) is 11.5 Å². The molecule has 1 aromatic rings. The zero-order valence-electron chi connectivity index (χ0n) is 10.6. The van der Waals surface area contributed by atoms with Crippen LogP contribution in [0.15, 0.2) is 35.9 Å². The van der Waals surface area contributed by atoms with Gasteiger partial charge in [-0.05, 0) is 24.6 Å². The van der Waals surface area contributed by atoms with Gasteiger partial charge in [0, 0.05) is 17.7 Å². The Kier molecular flexibility index (Phi) is 4.99. The van der Waals surface area contributed by atoms with Crippen molar-refractivity contribution in [1.82, 2.24) is 0 Å². The third-order valence-corrected chi connectivity index (χ3v) is 2.32. The van der Waals surface area contributed by atoms with Gasteiger partial charge >= 0.3 is 5.97 Å². The molecule has 0 saturated heterocycles. The van der Waals surface area contributed by atoms with Crippen LogP contribution in [0.25, 0.3) is 6.08 Å². The molecule has 0 heterocycles. The van der Waals surface area contributed by atoms with Crippen molar-refractivity contribution in [3.05, 3.63) is 41.5 Å². The number of benzene rings is 1. The van der Waals surface area contributed by atoms with Gasteiger partial charge in [-0.3, -0.25) is 0 Å². The average molecular weight is 248 g/mol. The highest BCUT2D eigenvalue weighted by Crippen LogP contribution is 2.25. The number of rotatable bonds is 5. The summed E-state index contributed by atoms with van der Waals surface area (Å²) in [6.07, 6.45) is 4.66. The standard InChI is InChI=1S/C14H16O4/c1-10(8-14(15)16)4-5-11-6-7-12(17-2)9-13(11)18-3/h4-9H,1-3H3,(H,15,16)/b5-4+,10-8-. The van der Waals surface area contributed by atoms with Crippen molar-refractivity contribution < 1.29 is 19.4 Å². The molecule has 0 saturated carbocycles. The van der Waals surface area contributed by atoms with Gasteiger partial charge in [0.1, 0.15) is 11.5 Å². The molecule has 0 aromatic heterocycles. The fourth-order valence-corrected chi connectivity index (χ4v) is 1.42. The van der Waals surface area contributed by atoms with Crippen LogP contribution in [0.2, 0.25) is 0 Å². The lowest BCUT2D eigenvalue weighted by Crippen LogP contribution is -1.90. The first-order valence-corrected chi connectivity index (χ1v) is 5.38. The van der Waals surface area contributed by atoms with E-state index in [-0.39, 0.29) is 0 Å². The molecule has 96 valence electrons. The van der Waals surface area contributed by atoms with E-state index in [1.165, 1.54) is 0 Å². The molecule has 0 aliphatic heterocycles. The Morgan fingerprint density at radius 3 is 2.56 bits per heavy atom. The molecule has 0 amide bonds. The maximum Gasteiger partial charge on any atom is 0.328 e. The number of ether oxygens (including phenoxy) is 2. The van der Waals surface area contributed by atoms with Gasteiger partial charge in [-0.25, -0.2) is 4.79 Å². The number of allylic oxidation sites excluding steroid dienone is 2. The van der Waals surface area contributed by atoms with Gasteiger partial charge in [-0.1, -0.05) is 12.2 Å². The third kappa shape index (κ3) is 3.97. The predicted molar refractivity (Wildman–Crippen MR) is 70.0 cm³/mol. The summed E-state index contributed by atoms with van der Waals surface area (Å²) in [5, 5.41) is 8.60. The molecule has 0 spiro atoms. The van der Waals surface area contributed by atoms with Gasteiger partial charge in [-0.15, -0.1) is 0 Å². The Morgan fingerprint density at radius 2 is 2.00 bits per heavy atom. The molecule has 18 heavy (non-hydrogen) atoms. The van der Waals surface area contributed by atoms with Crippen molar-refractivity contribution in [2.75, 3.05) is 14.2 Å². The number of methoxy groups -OCH3 is 2. The van der Waals surface area contributed by atoms with Crippen LogP contribution in [0.5, 0.6) is 11.5 Å². The Hall–Kier alpha value is -2.23. The topological polar surface area (TPSA) is 55.8 Å². The number of carboxylic acids is 1. The summed E-state index contributed by atoms with van der Waals surface area (Å²) in [7, 11) is 3.16. The second-order valence-corrected chi connectivity index (χ2v) is 3.67. The van der Waals surface area contributed by atoms with E-state index in [1.54, 1.807) is 39.4 Å². The molecule has 0 aliphatic rings. The molecule has 0 atom stereocenters. The Morgan fingerprint density at radius 1 is 1.28 bits per heavy atom. The van der Waals surface area contributed by atoms with Crippen LogP contribution in [-0.4, -0.2) is 25.3 Å². The van der Waals surface area contributed by atoms with Gasteiger partial charge in [0.2, 0.25) is 0 Å². The van der Waals surface area contributed by atoms with Crippen LogP contribution in [0.3, 0.4) is 0 Å². The maximum absolute atomic E-state index is 10.5. The molecule has 4 heteroatoms. The van der Waals surface area contributed by atoms with E-state index in [9.17, 15) is 4.79 Å². The summed E-state index contributed by atoms with van der Waals surface area (Å²) in [5.74, 6) is 0.425. The number of aliphatic carboxylic acids is 1. The summed E-state index contributed by atoms with van der Waals surface area (Å²) in [5.41, 5.74) is 1.51. The highest BCUT2D eigenvalue weighted by atomic mass is 16.5. The minimum atomic E-state index is -0.959. The SMILES string of the molecule is COc1ccc(/C=C/C(C)=C\C(=O)O)c(OC)c1. The lowest BCUT2D eigenvalue weighted by molar-refractivity contribution is -0.131. The number of hydrogen-bond acceptors (Lipinski definition) is 3. The Labute approximate surface area is 106 Å². The molecular weight excluding hydrogens is 232 g/mol. The van der Waals surface area contributed by atoms with Gasteiger partial charge in [0.25, 0.3) is 0 Å². The van der Waals surface area contributed by atoms with Gasteiger partial charge in [0.15, 0.2) is 0 Å². The first kappa shape index (κ1) is 13.8. The lowest BCUT2D eigenvalue weighted by Gasteiger charge is -2.07. The molecular formula is C14H16O4. The fraction of sp³-hybridized carbons (Fsp3) is 0.214. The summed E-state index contributed by atoms with van der Waals surface area (Å²) in [6.45, 7) is 1.72. The van der Waals surface area contributed by atoms with E-state index in [2.05, 4.69) is 0 Å².